The number of aromatic nitrogens is 2. The third kappa shape index (κ3) is 2.53. The lowest BCUT2D eigenvalue weighted by Gasteiger charge is -2.26. The number of hydrogen-bond acceptors (Lipinski definition) is 2. The van der Waals surface area contributed by atoms with Crippen LogP contribution in [0.1, 0.15) is 64.8 Å². The lowest BCUT2D eigenvalue weighted by Crippen LogP contribution is -2.31. The highest BCUT2D eigenvalue weighted by Crippen LogP contribution is 2.40. The molecular weight excluding hydrogens is 310 g/mol. The van der Waals surface area contributed by atoms with Crippen molar-refractivity contribution in [1.82, 2.24) is 14.7 Å². The molecule has 25 heavy (non-hydrogen) atoms. The van der Waals surface area contributed by atoms with Gasteiger partial charge in [0, 0.05) is 18.1 Å². The SMILES string of the molecule is O=C(NC1CCCc2ccccc21)c1ccn2c(C3CC3)ccnc12. The topological polar surface area (TPSA) is 46.4 Å². The van der Waals surface area contributed by atoms with E-state index < -0.39 is 0 Å². The lowest BCUT2D eigenvalue weighted by molar-refractivity contribution is 0.0934. The molecule has 0 aliphatic heterocycles. The van der Waals surface area contributed by atoms with E-state index in [1.165, 1.54) is 29.7 Å². The van der Waals surface area contributed by atoms with Gasteiger partial charge in [0.1, 0.15) is 5.65 Å². The van der Waals surface area contributed by atoms with Crippen LogP contribution in [-0.4, -0.2) is 15.3 Å². The van der Waals surface area contributed by atoms with E-state index in [9.17, 15) is 4.79 Å². The number of amides is 1. The van der Waals surface area contributed by atoms with Crippen molar-refractivity contribution in [1.29, 1.82) is 0 Å². The van der Waals surface area contributed by atoms with Gasteiger partial charge in [-0.3, -0.25) is 4.79 Å². The Morgan fingerprint density at radius 3 is 2.88 bits per heavy atom. The molecule has 1 amide bonds. The molecule has 0 saturated heterocycles. The molecule has 5 rings (SSSR count). The first-order chi connectivity index (χ1) is 12.3. The second kappa shape index (κ2) is 5.73. The number of rotatable bonds is 3. The van der Waals surface area contributed by atoms with Gasteiger partial charge in [-0.05, 0) is 61.3 Å². The van der Waals surface area contributed by atoms with Crippen molar-refractivity contribution in [2.75, 3.05) is 0 Å². The Morgan fingerprint density at radius 2 is 2.00 bits per heavy atom. The molecule has 1 unspecified atom stereocenters. The maximum absolute atomic E-state index is 12.9. The molecule has 1 atom stereocenters. The van der Waals surface area contributed by atoms with E-state index in [-0.39, 0.29) is 11.9 Å². The highest BCUT2D eigenvalue weighted by molar-refractivity contribution is 6.00. The predicted octanol–water partition coefficient (Wildman–Crippen LogP) is 4.02. The monoisotopic (exact) mass is 331 g/mol. The number of carbonyl (C=O) groups is 1. The van der Waals surface area contributed by atoms with Crippen LogP contribution in [0.4, 0.5) is 0 Å². The van der Waals surface area contributed by atoms with Crippen molar-refractivity contribution in [3.8, 4) is 0 Å². The van der Waals surface area contributed by atoms with E-state index in [1.54, 1.807) is 0 Å². The molecule has 2 heterocycles. The van der Waals surface area contributed by atoms with Crippen LogP contribution < -0.4 is 5.32 Å². The van der Waals surface area contributed by atoms with Crippen LogP contribution in [0.15, 0.2) is 48.8 Å². The van der Waals surface area contributed by atoms with Gasteiger partial charge in [-0.15, -0.1) is 0 Å². The summed E-state index contributed by atoms with van der Waals surface area (Å²) in [5, 5.41) is 3.24. The minimum Gasteiger partial charge on any atom is -0.345 e. The summed E-state index contributed by atoms with van der Waals surface area (Å²) in [4.78, 5) is 17.4. The quantitative estimate of drug-likeness (QED) is 0.788. The van der Waals surface area contributed by atoms with Crippen molar-refractivity contribution in [2.24, 2.45) is 0 Å². The summed E-state index contributed by atoms with van der Waals surface area (Å²) < 4.78 is 2.08. The van der Waals surface area contributed by atoms with Crippen molar-refractivity contribution in [2.45, 2.75) is 44.1 Å². The molecule has 0 spiro atoms. The molecule has 0 bridgehead atoms. The Hall–Kier alpha value is -2.62. The highest BCUT2D eigenvalue weighted by Gasteiger charge is 2.27. The van der Waals surface area contributed by atoms with Crippen LogP contribution in [0.25, 0.3) is 5.65 Å². The van der Waals surface area contributed by atoms with E-state index in [0.717, 1.165) is 24.9 Å². The zero-order valence-electron chi connectivity index (χ0n) is 14.1. The fraction of sp³-hybridized carbons (Fsp3) is 0.333. The molecule has 4 heteroatoms. The number of nitrogens with zero attached hydrogens (tertiary/aromatic N) is 2. The Balaban J connectivity index is 1.46. The summed E-state index contributed by atoms with van der Waals surface area (Å²) in [6.07, 6.45) is 9.49. The van der Waals surface area contributed by atoms with Crippen LogP contribution >= 0.6 is 0 Å². The maximum Gasteiger partial charge on any atom is 0.255 e. The first kappa shape index (κ1) is 14.7. The minimum absolute atomic E-state index is 0.0235. The highest BCUT2D eigenvalue weighted by atomic mass is 16.1. The average Bonchev–Trinajstić information content (AvgIpc) is 3.40. The van der Waals surface area contributed by atoms with Crippen LogP contribution in [-0.2, 0) is 6.42 Å². The van der Waals surface area contributed by atoms with Gasteiger partial charge in [0.2, 0.25) is 0 Å². The Bertz CT molecular complexity index is 955. The van der Waals surface area contributed by atoms with Crippen molar-refractivity contribution >= 4 is 11.6 Å². The number of benzene rings is 1. The van der Waals surface area contributed by atoms with Gasteiger partial charge in [0.05, 0.1) is 11.6 Å². The van der Waals surface area contributed by atoms with E-state index in [0.29, 0.717) is 11.5 Å². The summed E-state index contributed by atoms with van der Waals surface area (Å²) >= 11 is 0. The Labute approximate surface area is 146 Å². The maximum atomic E-state index is 12.9. The van der Waals surface area contributed by atoms with Gasteiger partial charge >= 0.3 is 0 Å². The summed E-state index contributed by atoms with van der Waals surface area (Å²) in [6.45, 7) is 0. The standard InChI is InChI=1S/C21H21N3O/c25-21(23-18-7-3-5-14-4-1-2-6-16(14)18)17-11-13-24-19(15-8-9-15)10-12-22-20(17)24/h1-2,4,6,10-13,15,18H,3,5,7-9H2,(H,23,25). The van der Waals surface area contributed by atoms with Gasteiger partial charge in [-0.25, -0.2) is 4.98 Å². The molecule has 1 N–H and O–H groups in total. The third-order valence-electron chi connectivity index (χ3n) is 5.49. The molecular formula is C21H21N3O. The summed E-state index contributed by atoms with van der Waals surface area (Å²) in [7, 11) is 0. The summed E-state index contributed by atoms with van der Waals surface area (Å²) in [5.74, 6) is 0.601. The molecule has 2 aliphatic rings. The van der Waals surface area contributed by atoms with Gasteiger partial charge in [-0.1, -0.05) is 24.3 Å². The van der Waals surface area contributed by atoms with Crippen LogP contribution in [0.5, 0.6) is 0 Å². The van der Waals surface area contributed by atoms with E-state index in [4.69, 9.17) is 0 Å². The number of aryl methyl sites for hydroxylation is 1. The molecule has 0 radical (unpaired) electrons. The second-order valence-electron chi connectivity index (χ2n) is 7.18. The van der Waals surface area contributed by atoms with Crippen molar-refractivity contribution in [3.05, 3.63) is 71.2 Å². The largest absolute Gasteiger partial charge is 0.345 e. The van der Waals surface area contributed by atoms with Gasteiger partial charge < -0.3 is 9.72 Å². The van der Waals surface area contributed by atoms with Gasteiger partial charge in [0.25, 0.3) is 5.91 Å². The normalized spacial score (nSPS) is 19.6. The van der Waals surface area contributed by atoms with Gasteiger partial charge in [-0.2, -0.15) is 0 Å². The van der Waals surface area contributed by atoms with Gasteiger partial charge in [0.15, 0.2) is 0 Å². The number of carbonyl (C=O) groups excluding carboxylic acids is 1. The fourth-order valence-electron chi connectivity index (χ4n) is 4.06. The lowest BCUT2D eigenvalue weighted by atomic mass is 9.87. The van der Waals surface area contributed by atoms with E-state index >= 15 is 0 Å². The number of hydrogen-bond donors (Lipinski definition) is 1. The number of fused-ring (bicyclic) bond motifs is 2. The molecule has 1 saturated carbocycles. The molecule has 126 valence electrons. The van der Waals surface area contributed by atoms with Crippen LogP contribution in [0.2, 0.25) is 0 Å². The smallest absolute Gasteiger partial charge is 0.255 e. The first-order valence-corrected chi connectivity index (χ1v) is 9.16. The first-order valence-electron chi connectivity index (χ1n) is 9.16. The summed E-state index contributed by atoms with van der Waals surface area (Å²) in [6, 6.07) is 12.5. The summed E-state index contributed by atoms with van der Waals surface area (Å²) in [5.41, 5.74) is 5.33. The number of nitrogens with one attached hydrogen (secondary N) is 1. The zero-order chi connectivity index (χ0) is 16.8. The van der Waals surface area contributed by atoms with E-state index in [2.05, 4.69) is 45.0 Å². The molecule has 2 aliphatic carbocycles. The van der Waals surface area contributed by atoms with Crippen LogP contribution in [0.3, 0.4) is 0 Å². The third-order valence-corrected chi connectivity index (χ3v) is 5.49. The minimum atomic E-state index is -0.0235. The van der Waals surface area contributed by atoms with Crippen molar-refractivity contribution < 1.29 is 4.79 Å². The van der Waals surface area contributed by atoms with E-state index in [1.807, 2.05) is 18.5 Å². The predicted molar refractivity (Wildman–Crippen MR) is 96.8 cm³/mol. The molecule has 1 fully saturated rings. The molecule has 2 aromatic heterocycles. The molecule has 3 aromatic rings. The second-order valence-corrected chi connectivity index (χ2v) is 7.18. The fourth-order valence-corrected chi connectivity index (χ4v) is 4.06. The zero-order valence-corrected chi connectivity index (χ0v) is 14.1. The Kier molecular flexibility index (Phi) is 3.37. The Morgan fingerprint density at radius 1 is 1.12 bits per heavy atom. The molecule has 4 nitrogen and oxygen atoms in total. The molecule has 1 aromatic carbocycles. The van der Waals surface area contributed by atoms with Crippen molar-refractivity contribution in [3.63, 3.8) is 0 Å². The average molecular weight is 331 g/mol. The van der Waals surface area contributed by atoms with Crippen LogP contribution in [0, 0.1) is 0 Å².